The number of hydrogen-bond donors (Lipinski definition) is 0. The summed E-state index contributed by atoms with van der Waals surface area (Å²) < 4.78 is 28.0. The van der Waals surface area contributed by atoms with Crippen molar-refractivity contribution in [3.8, 4) is 0 Å². The predicted octanol–water partition coefficient (Wildman–Crippen LogP) is 3.67. The summed E-state index contributed by atoms with van der Waals surface area (Å²) in [7, 11) is -1.75. The lowest BCUT2D eigenvalue weighted by Crippen LogP contribution is -2.49. The monoisotopic (exact) mass is 384 g/mol. The molecular weight excluding hydrogens is 367 g/mol. The van der Waals surface area contributed by atoms with E-state index in [4.69, 9.17) is 23.2 Å². The van der Waals surface area contributed by atoms with Gasteiger partial charge < -0.3 is 4.90 Å². The maximum absolute atomic E-state index is 13.2. The van der Waals surface area contributed by atoms with Crippen LogP contribution < -0.4 is 0 Å². The van der Waals surface area contributed by atoms with Crippen molar-refractivity contribution in [3.63, 3.8) is 0 Å². The lowest BCUT2D eigenvalue weighted by molar-refractivity contribution is 0.161. The van der Waals surface area contributed by atoms with Crippen LogP contribution in [0.3, 0.4) is 0 Å². The Labute approximate surface area is 152 Å². The van der Waals surface area contributed by atoms with Crippen molar-refractivity contribution in [2.75, 3.05) is 26.7 Å². The van der Waals surface area contributed by atoms with E-state index in [1.807, 2.05) is 37.4 Å². The van der Waals surface area contributed by atoms with Gasteiger partial charge in [0.2, 0.25) is 10.0 Å². The fraction of sp³-hybridized carbons (Fsp3) is 0.294. The highest BCUT2D eigenvalue weighted by molar-refractivity contribution is 7.89. The zero-order valence-electron chi connectivity index (χ0n) is 13.2. The summed E-state index contributed by atoms with van der Waals surface area (Å²) in [6.07, 6.45) is 0. The van der Waals surface area contributed by atoms with Crippen LogP contribution in [-0.4, -0.2) is 44.3 Å². The first-order chi connectivity index (χ1) is 11.4. The van der Waals surface area contributed by atoms with Crippen LogP contribution in [0, 0.1) is 0 Å². The third-order valence-electron chi connectivity index (χ3n) is 4.22. The molecule has 0 saturated carbocycles. The third-order valence-corrected chi connectivity index (χ3v) is 7.10. The molecule has 0 spiro atoms. The average Bonchev–Trinajstić information content (AvgIpc) is 2.57. The molecule has 1 aliphatic rings. The summed E-state index contributed by atoms with van der Waals surface area (Å²) >= 11 is 12.2. The summed E-state index contributed by atoms with van der Waals surface area (Å²) in [5.41, 5.74) is 0.964. The Balaban J connectivity index is 2.06. The normalized spacial score (nSPS) is 20.2. The van der Waals surface area contributed by atoms with E-state index in [1.165, 1.54) is 10.4 Å². The first-order valence-electron chi connectivity index (χ1n) is 7.60. The van der Waals surface area contributed by atoms with Gasteiger partial charge in [-0.3, -0.25) is 0 Å². The maximum atomic E-state index is 13.2. The molecule has 24 heavy (non-hydrogen) atoms. The molecular formula is C17H18Cl2N2O2S. The summed E-state index contributed by atoms with van der Waals surface area (Å²) in [6.45, 7) is 1.70. The molecule has 3 rings (SSSR count). The van der Waals surface area contributed by atoms with Crippen LogP contribution in [0.4, 0.5) is 0 Å². The van der Waals surface area contributed by atoms with Gasteiger partial charge >= 0.3 is 0 Å². The van der Waals surface area contributed by atoms with E-state index in [0.717, 1.165) is 5.56 Å². The fourth-order valence-electron chi connectivity index (χ4n) is 2.95. The lowest BCUT2D eigenvalue weighted by Gasteiger charge is -2.39. The van der Waals surface area contributed by atoms with Gasteiger partial charge in [0.25, 0.3) is 0 Å². The van der Waals surface area contributed by atoms with E-state index in [2.05, 4.69) is 4.90 Å². The Bertz CT molecular complexity index is 828. The van der Waals surface area contributed by atoms with Gasteiger partial charge in [-0.05, 0) is 24.7 Å². The van der Waals surface area contributed by atoms with Gasteiger partial charge in [0.15, 0.2) is 0 Å². The number of likely N-dealkylation sites (N-methyl/N-ethyl adjacent to an activating group) is 1. The highest BCUT2D eigenvalue weighted by Gasteiger charge is 2.37. The van der Waals surface area contributed by atoms with Crippen LogP contribution >= 0.6 is 23.2 Å². The molecule has 0 aromatic heterocycles. The molecule has 4 nitrogen and oxygen atoms in total. The van der Waals surface area contributed by atoms with Gasteiger partial charge in [-0.25, -0.2) is 8.42 Å². The third kappa shape index (κ3) is 3.32. The maximum Gasteiger partial charge on any atom is 0.245 e. The topological polar surface area (TPSA) is 40.6 Å². The second kappa shape index (κ2) is 7.02. The van der Waals surface area contributed by atoms with Crippen molar-refractivity contribution < 1.29 is 8.42 Å². The van der Waals surface area contributed by atoms with Crippen LogP contribution in [0.15, 0.2) is 53.4 Å². The van der Waals surface area contributed by atoms with E-state index in [-0.39, 0.29) is 21.0 Å². The fourth-order valence-corrected chi connectivity index (χ4v) is 5.28. The predicted molar refractivity (Wildman–Crippen MR) is 97.0 cm³/mol. The standard InChI is InChI=1S/C17H18Cl2N2O2S/c1-20-10-11-21(15(12-20)13-6-3-2-4-7-13)24(22,23)16-9-5-8-14(18)17(16)19/h2-9,15H,10-12H2,1H3/t15-/m0/s1. The second-order valence-corrected chi connectivity index (χ2v) is 8.50. The Hall–Kier alpha value is -1.11. The van der Waals surface area contributed by atoms with Gasteiger partial charge in [-0.2, -0.15) is 4.31 Å². The second-order valence-electron chi connectivity index (χ2n) is 5.86. The van der Waals surface area contributed by atoms with Crippen molar-refractivity contribution in [2.24, 2.45) is 0 Å². The number of hydrogen-bond acceptors (Lipinski definition) is 3. The number of nitrogens with zero attached hydrogens (tertiary/aromatic N) is 2. The van der Waals surface area contributed by atoms with Gasteiger partial charge in [-0.15, -0.1) is 0 Å². The summed E-state index contributed by atoms with van der Waals surface area (Å²) in [5, 5.41) is 0.313. The molecule has 0 N–H and O–H groups in total. The molecule has 0 unspecified atom stereocenters. The van der Waals surface area contributed by atoms with Crippen LogP contribution in [0.5, 0.6) is 0 Å². The molecule has 128 valence electrons. The van der Waals surface area contributed by atoms with E-state index < -0.39 is 10.0 Å². The van der Waals surface area contributed by atoms with Gasteiger partial charge in [-0.1, -0.05) is 59.6 Å². The van der Waals surface area contributed by atoms with E-state index in [9.17, 15) is 8.42 Å². The van der Waals surface area contributed by atoms with Crippen LogP contribution in [0.1, 0.15) is 11.6 Å². The molecule has 2 aromatic carbocycles. The van der Waals surface area contributed by atoms with Gasteiger partial charge in [0.1, 0.15) is 4.90 Å². The Kier molecular flexibility index (Phi) is 5.18. The van der Waals surface area contributed by atoms with Crippen LogP contribution in [0.2, 0.25) is 10.0 Å². The first-order valence-corrected chi connectivity index (χ1v) is 9.80. The van der Waals surface area contributed by atoms with Crippen LogP contribution in [0.25, 0.3) is 0 Å². The minimum atomic E-state index is -3.75. The molecule has 7 heteroatoms. The number of piperazine rings is 1. The molecule has 1 aliphatic heterocycles. The lowest BCUT2D eigenvalue weighted by atomic mass is 10.1. The zero-order chi connectivity index (χ0) is 17.3. The molecule has 0 bridgehead atoms. The van der Waals surface area contributed by atoms with E-state index in [1.54, 1.807) is 12.1 Å². The molecule has 1 atom stereocenters. The molecule has 1 heterocycles. The average molecular weight is 385 g/mol. The Morgan fingerprint density at radius 2 is 1.71 bits per heavy atom. The van der Waals surface area contributed by atoms with Gasteiger partial charge in [0.05, 0.1) is 16.1 Å². The number of halogens is 2. The smallest absolute Gasteiger partial charge is 0.245 e. The van der Waals surface area contributed by atoms with E-state index >= 15 is 0 Å². The minimum absolute atomic E-state index is 0.0575. The van der Waals surface area contributed by atoms with Crippen molar-refractivity contribution in [2.45, 2.75) is 10.9 Å². The summed E-state index contributed by atoms with van der Waals surface area (Å²) in [4.78, 5) is 2.19. The highest BCUT2D eigenvalue weighted by Crippen LogP contribution is 2.35. The van der Waals surface area contributed by atoms with Crippen molar-refractivity contribution in [3.05, 3.63) is 64.1 Å². The quantitative estimate of drug-likeness (QED) is 0.810. The summed E-state index contributed by atoms with van der Waals surface area (Å²) in [5.74, 6) is 0. The molecule has 1 saturated heterocycles. The van der Waals surface area contributed by atoms with Gasteiger partial charge in [0, 0.05) is 19.6 Å². The molecule has 0 radical (unpaired) electrons. The molecule has 1 fully saturated rings. The van der Waals surface area contributed by atoms with Crippen molar-refractivity contribution >= 4 is 33.2 Å². The largest absolute Gasteiger partial charge is 0.303 e. The van der Waals surface area contributed by atoms with E-state index in [0.29, 0.717) is 19.6 Å². The Morgan fingerprint density at radius 3 is 2.42 bits per heavy atom. The zero-order valence-corrected chi connectivity index (χ0v) is 15.5. The first kappa shape index (κ1) is 17.7. The summed E-state index contributed by atoms with van der Waals surface area (Å²) in [6, 6.07) is 14.1. The minimum Gasteiger partial charge on any atom is -0.303 e. The number of benzene rings is 2. The molecule has 0 amide bonds. The Morgan fingerprint density at radius 1 is 1.00 bits per heavy atom. The number of sulfonamides is 1. The molecule has 0 aliphatic carbocycles. The highest BCUT2D eigenvalue weighted by atomic mass is 35.5. The SMILES string of the molecule is CN1CCN(S(=O)(=O)c2cccc(Cl)c2Cl)[C@H](c2ccccc2)C1. The van der Waals surface area contributed by atoms with Crippen LogP contribution in [-0.2, 0) is 10.0 Å². The van der Waals surface area contributed by atoms with Crippen molar-refractivity contribution in [1.82, 2.24) is 9.21 Å². The van der Waals surface area contributed by atoms with Crippen molar-refractivity contribution in [1.29, 1.82) is 0 Å². The molecule has 2 aromatic rings. The number of rotatable bonds is 3.